The summed E-state index contributed by atoms with van der Waals surface area (Å²) in [6, 6.07) is 6.71. The summed E-state index contributed by atoms with van der Waals surface area (Å²) in [4.78, 5) is 18.4. The van der Waals surface area contributed by atoms with Crippen LogP contribution in [0.3, 0.4) is 0 Å². The largest absolute Gasteiger partial charge is 0.327 e. The molecule has 3 aromatic rings. The van der Waals surface area contributed by atoms with Gasteiger partial charge in [-0.15, -0.1) is 16.4 Å². The predicted molar refractivity (Wildman–Crippen MR) is 124 cm³/mol. The Hall–Kier alpha value is -2.57. The van der Waals surface area contributed by atoms with Crippen LogP contribution in [0.15, 0.2) is 22.7 Å². The number of aromatic amines is 1. The molecule has 0 aliphatic heterocycles. The molecular weight excluding hydrogens is 428 g/mol. The molecule has 2 N–H and O–H groups in total. The summed E-state index contributed by atoms with van der Waals surface area (Å²) >= 11 is 2.97. The Balaban J connectivity index is 1.43. The molecule has 31 heavy (non-hydrogen) atoms. The first kappa shape index (κ1) is 21.7. The summed E-state index contributed by atoms with van der Waals surface area (Å²) in [5.41, 5.74) is 2.58. The number of rotatable bonds is 7. The van der Waals surface area contributed by atoms with Gasteiger partial charge in [-0.3, -0.25) is 9.89 Å². The van der Waals surface area contributed by atoms with Gasteiger partial charge in [0.25, 0.3) is 0 Å². The molecule has 162 valence electrons. The predicted octanol–water partition coefficient (Wildman–Crippen LogP) is 4.98. The summed E-state index contributed by atoms with van der Waals surface area (Å²) in [6.07, 6.45) is 6.50. The Bertz CT molecular complexity index is 1090. The maximum absolute atomic E-state index is 12.8. The van der Waals surface area contributed by atoms with Crippen LogP contribution in [-0.2, 0) is 11.2 Å². The molecule has 1 aliphatic carbocycles. The third-order valence-corrected chi connectivity index (χ3v) is 7.56. The number of thioether (sulfide) groups is 1. The Kier molecular flexibility index (Phi) is 6.78. The van der Waals surface area contributed by atoms with E-state index in [-0.39, 0.29) is 11.7 Å². The van der Waals surface area contributed by atoms with Crippen molar-refractivity contribution in [2.45, 2.75) is 63.6 Å². The van der Waals surface area contributed by atoms with E-state index in [1.807, 2.05) is 25.3 Å². The molecule has 0 aromatic carbocycles. The van der Waals surface area contributed by atoms with E-state index in [0.29, 0.717) is 29.0 Å². The van der Waals surface area contributed by atoms with Crippen molar-refractivity contribution in [1.29, 1.82) is 5.26 Å². The third-order valence-electron chi connectivity index (χ3n) is 5.83. The molecule has 0 saturated heterocycles. The molecule has 3 heterocycles. The molecule has 0 radical (unpaired) electrons. The lowest BCUT2D eigenvalue weighted by molar-refractivity contribution is -0.113. The van der Waals surface area contributed by atoms with Gasteiger partial charge < -0.3 is 9.88 Å². The molecule has 0 bridgehead atoms. The number of amides is 1. The SMILES string of the molecule is Cc1c(C#N)c(NC(=O)CSc2n[nH]c(Cc3cccs3)n2)n(C2CCCCC2)c1C. The van der Waals surface area contributed by atoms with Gasteiger partial charge in [0.1, 0.15) is 17.7 Å². The Morgan fingerprint density at radius 2 is 2.19 bits per heavy atom. The van der Waals surface area contributed by atoms with Crippen molar-refractivity contribution in [3.63, 3.8) is 0 Å². The highest BCUT2D eigenvalue weighted by atomic mass is 32.2. The zero-order valence-electron chi connectivity index (χ0n) is 17.8. The second kappa shape index (κ2) is 9.71. The monoisotopic (exact) mass is 454 g/mol. The Morgan fingerprint density at radius 1 is 1.39 bits per heavy atom. The molecule has 9 heteroatoms. The van der Waals surface area contributed by atoms with Gasteiger partial charge in [-0.2, -0.15) is 5.26 Å². The Labute approximate surface area is 190 Å². The summed E-state index contributed by atoms with van der Waals surface area (Å²) in [5, 5.41) is 22.5. The van der Waals surface area contributed by atoms with Crippen molar-refractivity contribution in [2.24, 2.45) is 0 Å². The smallest absolute Gasteiger partial charge is 0.235 e. The number of H-pyrrole nitrogens is 1. The van der Waals surface area contributed by atoms with Crippen LogP contribution in [-0.4, -0.2) is 31.4 Å². The van der Waals surface area contributed by atoms with E-state index in [1.165, 1.54) is 35.9 Å². The maximum Gasteiger partial charge on any atom is 0.235 e. The number of carbonyl (C=O) groups is 1. The number of hydrogen-bond acceptors (Lipinski definition) is 6. The van der Waals surface area contributed by atoms with E-state index in [4.69, 9.17) is 0 Å². The summed E-state index contributed by atoms with van der Waals surface area (Å²) in [5.74, 6) is 1.47. The number of nitrogens with one attached hydrogen (secondary N) is 2. The van der Waals surface area contributed by atoms with Crippen molar-refractivity contribution in [2.75, 3.05) is 11.1 Å². The molecule has 3 aromatic heterocycles. The van der Waals surface area contributed by atoms with Crippen LogP contribution in [0, 0.1) is 25.2 Å². The average molecular weight is 455 g/mol. The molecule has 7 nitrogen and oxygen atoms in total. The highest BCUT2D eigenvalue weighted by molar-refractivity contribution is 7.99. The molecule has 1 amide bonds. The summed E-state index contributed by atoms with van der Waals surface area (Å²) in [7, 11) is 0. The highest BCUT2D eigenvalue weighted by Gasteiger charge is 2.26. The quantitative estimate of drug-likeness (QED) is 0.490. The molecule has 0 spiro atoms. The lowest BCUT2D eigenvalue weighted by Crippen LogP contribution is -2.21. The number of thiophene rings is 1. The molecular formula is C22H26N6OS2. The third kappa shape index (κ3) is 4.86. The van der Waals surface area contributed by atoms with Crippen molar-refractivity contribution < 1.29 is 4.79 Å². The lowest BCUT2D eigenvalue weighted by atomic mass is 9.95. The van der Waals surface area contributed by atoms with Crippen LogP contribution in [0.5, 0.6) is 0 Å². The fourth-order valence-corrected chi connectivity index (χ4v) is 5.51. The number of nitriles is 1. The van der Waals surface area contributed by atoms with Gasteiger partial charge in [-0.05, 0) is 43.7 Å². The summed E-state index contributed by atoms with van der Waals surface area (Å²) < 4.78 is 2.18. The van der Waals surface area contributed by atoms with E-state index in [9.17, 15) is 10.1 Å². The van der Waals surface area contributed by atoms with E-state index in [0.717, 1.165) is 29.9 Å². The zero-order chi connectivity index (χ0) is 21.8. The van der Waals surface area contributed by atoms with Crippen LogP contribution in [0.2, 0.25) is 0 Å². The van der Waals surface area contributed by atoms with Crippen molar-refractivity contribution in [3.05, 3.63) is 45.0 Å². The van der Waals surface area contributed by atoms with Crippen molar-refractivity contribution >= 4 is 34.8 Å². The lowest BCUT2D eigenvalue weighted by Gasteiger charge is -2.27. The summed E-state index contributed by atoms with van der Waals surface area (Å²) in [6.45, 7) is 4.00. The molecule has 1 aliphatic rings. The van der Waals surface area contributed by atoms with Gasteiger partial charge in [0.2, 0.25) is 11.1 Å². The van der Waals surface area contributed by atoms with Crippen LogP contribution in [0.4, 0.5) is 5.82 Å². The molecule has 1 fully saturated rings. The first-order valence-electron chi connectivity index (χ1n) is 10.5. The van der Waals surface area contributed by atoms with Gasteiger partial charge in [0.05, 0.1) is 11.3 Å². The van der Waals surface area contributed by atoms with Crippen LogP contribution in [0.1, 0.15) is 65.7 Å². The van der Waals surface area contributed by atoms with E-state index in [2.05, 4.69) is 37.2 Å². The number of anilines is 1. The number of hydrogen-bond donors (Lipinski definition) is 2. The normalized spacial score (nSPS) is 14.5. The second-order valence-corrected chi connectivity index (χ2v) is 9.84. The standard InChI is InChI=1S/C22H26N6OS2/c1-14-15(2)28(16-7-4-3-5-8-16)21(18(14)12-23)25-20(29)13-31-22-24-19(26-27-22)11-17-9-6-10-30-17/h6,9-10,16H,3-5,7-8,11,13H2,1-2H3,(H,25,29)(H,24,26,27). The van der Waals surface area contributed by atoms with Crippen molar-refractivity contribution in [3.8, 4) is 6.07 Å². The van der Waals surface area contributed by atoms with Gasteiger partial charge in [-0.25, -0.2) is 4.98 Å². The van der Waals surface area contributed by atoms with Crippen molar-refractivity contribution in [1.82, 2.24) is 19.7 Å². The van der Waals surface area contributed by atoms with Gasteiger partial charge in [0.15, 0.2) is 0 Å². The zero-order valence-corrected chi connectivity index (χ0v) is 19.4. The minimum Gasteiger partial charge on any atom is -0.327 e. The number of aromatic nitrogens is 4. The fourth-order valence-electron chi connectivity index (χ4n) is 4.18. The van der Waals surface area contributed by atoms with Gasteiger partial charge in [-0.1, -0.05) is 37.1 Å². The second-order valence-electron chi connectivity index (χ2n) is 7.87. The molecule has 0 atom stereocenters. The van der Waals surface area contributed by atoms with Crippen LogP contribution >= 0.6 is 23.1 Å². The topological polar surface area (TPSA) is 99.4 Å². The Morgan fingerprint density at radius 3 is 2.90 bits per heavy atom. The molecule has 4 rings (SSSR count). The van der Waals surface area contributed by atoms with Gasteiger partial charge >= 0.3 is 0 Å². The highest BCUT2D eigenvalue weighted by Crippen LogP contribution is 2.36. The van der Waals surface area contributed by atoms with E-state index < -0.39 is 0 Å². The minimum absolute atomic E-state index is 0.152. The molecule has 1 saturated carbocycles. The maximum atomic E-state index is 12.8. The first-order chi connectivity index (χ1) is 15.1. The van der Waals surface area contributed by atoms with E-state index in [1.54, 1.807) is 11.3 Å². The first-order valence-corrected chi connectivity index (χ1v) is 12.4. The fraction of sp³-hybridized carbons (Fsp3) is 0.455. The van der Waals surface area contributed by atoms with E-state index >= 15 is 0 Å². The average Bonchev–Trinajstić information content (AvgIpc) is 3.50. The van der Waals surface area contributed by atoms with Crippen LogP contribution in [0.25, 0.3) is 0 Å². The number of nitrogens with zero attached hydrogens (tertiary/aromatic N) is 4. The van der Waals surface area contributed by atoms with Crippen LogP contribution < -0.4 is 5.32 Å². The molecule has 0 unspecified atom stereocenters. The van der Waals surface area contributed by atoms with Gasteiger partial charge in [0, 0.05) is 23.0 Å². The minimum atomic E-state index is -0.152. The number of carbonyl (C=O) groups excluding carboxylic acids is 1.